The highest BCUT2D eigenvalue weighted by Crippen LogP contribution is 2.35. The van der Waals surface area contributed by atoms with E-state index in [0.29, 0.717) is 29.3 Å². The maximum atomic E-state index is 12.9. The fourth-order valence-electron chi connectivity index (χ4n) is 2.34. The number of carbonyl (C=O) groups excluding carboxylic acids is 1. The van der Waals surface area contributed by atoms with E-state index in [2.05, 4.69) is 0 Å². The number of methoxy groups -OCH3 is 2. The Morgan fingerprint density at radius 2 is 1.82 bits per heavy atom. The molecule has 2 aromatic rings. The van der Waals surface area contributed by atoms with Crippen molar-refractivity contribution >= 4 is 17.3 Å². The molecule has 0 saturated carbocycles. The van der Waals surface area contributed by atoms with E-state index >= 15 is 0 Å². The van der Waals surface area contributed by atoms with Crippen LogP contribution in [0.15, 0.2) is 42.5 Å². The molecule has 5 heteroatoms. The monoisotopic (exact) mass is 300 g/mol. The van der Waals surface area contributed by atoms with Crippen molar-refractivity contribution in [3.05, 3.63) is 48.0 Å². The van der Waals surface area contributed by atoms with Gasteiger partial charge in [-0.05, 0) is 25.1 Å². The lowest BCUT2D eigenvalue weighted by Crippen LogP contribution is -2.31. The van der Waals surface area contributed by atoms with Crippen LogP contribution in [0.1, 0.15) is 17.3 Å². The van der Waals surface area contributed by atoms with Gasteiger partial charge in [-0.1, -0.05) is 18.2 Å². The molecule has 5 nitrogen and oxygen atoms in total. The number of nitrogens with two attached hydrogens (primary N) is 1. The summed E-state index contributed by atoms with van der Waals surface area (Å²) in [5.41, 5.74) is 7.52. The molecule has 2 N–H and O–H groups in total. The third kappa shape index (κ3) is 2.98. The largest absolute Gasteiger partial charge is 0.493 e. The molecule has 0 radical (unpaired) electrons. The van der Waals surface area contributed by atoms with Crippen molar-refractivity contribution in [3.63, 3.8) is 0 Å². The Labute approximate surface area is 130 Å². The molecule has 0 aromatic heterocycles. The van der Waals surface area contributed by atoms with Gasteiger partial charge in [-0.25, -0.2) is 0 Å². The van der Waals surface area contributed by atoms with E-state index in [1.165, 1.54) is 14.2 Å². The number of hydrogen-bond donors (Lipinski definition) is 1. The molecule has 0 spiro atoms. The third-order valence-corrected chi connectivity index (χ3v) is 3.36. The van der Waals surface area contributed by atoms with Crippen LogP contribution in [0, 0.1) is 0 Å². The van der Waals surface area contributed by atoms with Gasteiger partial charge in [0, 0.05) is 24.0 Å². The molecule has 1 amide bonds. The first-order chi connectivity index (χ1) is 10.6. The predicted molar refractivity (Wildman–Crippen MR) is 87.8 cm³/mol. The quantitative estimate of drug-likeness (QED) is 0.862. The minimum atomic E-state index is -0.184. The number of rotatable bonds is 5. The average Bonchev–Trinajstić information content (AvgIpc) is 2.55. The van der Waals surface area contributed by atoms with Gasteiger partial charge in [-0.2, -0.15) is 0 Å². The minimum absolute atomic E-state index is 0.184. The second-order valence-corrected chi connectivity index (χ2v) is 4.69. The Bertz CT molecular complexity index is 656. The number of nitrogens with zero attached hydrogens (tertiary/aromatic N) is 1. The van der Waals surface area contributed by atoms with E-state index in [9.17, 15) is 4.79 Å². The smallest absolute Gasteiger partial charge is 0.262 e. The summed E-state index contributed by atoms with van der Waals surface area (Å²) in [6.45, 7) is 2.45. The molecule has 0 atom stereocenters. The molecule has 0 saturated heterocycles. The predicted octanol–water partition coefficient (Wildman–Crippen LogP) is 2.95. The summed E-state index contributed by atoms with van der Waals surface area (Å²) in [5, 5.41) is 0. The van der Waals surface area contributed by atoms with E-state index in [4.69, 9.17) is 15.2 Å². The Morgan fingerprint density at radius 1 is 1.14 bits per heavy atom. The van der Waals surface area contributed by atoms with Gasteiger partial charge in [0.1, 0.15) is 0 Å². The molecule has 0 heterocycles. The third-order valence-electron chi connectivity index (χ3n) is 3.36. The lowest BCUT2D eigenvalue weighted by molar-refractivity contribution is 0.0985. The van der Waals surface area contributed by atoms with E-state index < -0.39 is 0 Å². The highest BCUT2D eigenvalue weighted by molar-refractivity contribution is 6.09. The Hall–Kier alpha value is -2.69. The molecule has 0 bridgehead atoms. The van der Waals surface area contributed by atoms with Crippen LogP contribution in [0.3, 0.4) is 0 Å². The van der Waals surface area contributed by atoms with Crippen LogP contribution in [0.4, 0.5) is 11.4 Å². The number of carbonyl (C=O) groups is 1. The summed E-state index contributed by atoms with van der Waals surface area (Å²) in [4.78, 5) is 14.6. The van der Waals surface area contributed by atoms with Gasteiger partial charge in [0.25, 0.3) is 5.91 Å². The van der Waals surface area contributed by atoms with Gasteiger partial charge in [0.2, 0.25) is 0 Å². The zero-order chi connectivity index (χ0) is 16.1. The summed E-state index contributed by atoms with van der Waals surface area (Å²) in [6, 6.07) is 12.7. The van der Waals surface area contributed by atoms with Crippen LogP contribution < -0.4 is 20.1 Å². The van der Waals surface area contributed by atoms with Crippen LogP contribution in [0.25, 0.3) is 0 Å². The maximum Gasteiger partial charge on any atom is 0.262 e. The van der Waals surface area contributed by atoms with Crippen LogP contribution in [-0.4, -0.2) is 26.7 Å². The number of para-hydroxylation sites is 1. The normalized spacial score (nSPS) is 10.1. The summed E-state index contributed by atoms with van der Waals surface area (Å²) in [7, 11) is 3.02. The number of nitrogen functional groups attached to an aromatic ring is 1. The maximum absolute atomic E-state index is 12.9. The minimum Gasteiger partial charge on any atom is -0.493 e. The molecule has 0 aliphatic carbocycles. The Kier molecular flexibility index (Phi) is 4.88. The highest BCUT2D eigenvalue weighted by atomic mass is 16.5. The lowest BCUT2D eigenvalue weighted by Gasteiger charge is -2.23. The molecule has 0 fully saturated rings. The Balaban J connectivity index is 2.50. The molecule has 2 aromatic carbocycles. The van der Waals surface area contributed by atoms with E-state index in [1.54, 1.807) is 17.0 Å². The van der Waals surface area contributed by atoms with Crippen molar-refractivity contribution in [2.75, 3.05) is 31.4 Å². The molecule has 116 valence electrons. The fraction of sp³-hybridized carbons (Fsp3) is 0.235. The molecule has 22 heavy (non-hydrogen) atoms. The van der Waals surface area contributed by atoms with Crippen molar-refractivity contribution in [2.45, 2.75) is 6.92 Å². The molecule has 2 rings (SSSR count). The summed E-state index contributed by atoms with van der Waals surface area (Å²) < 4.78 is 10.6. The first-order valence-corrected chi connectivity index (χ1v) is 7.00. The van der Waals surface area contributed by atoms with Gasteiger partial charge in [-0.15, -0.1) is 0 Å². The van der Waals surface area contributed by atoms with Gasteiger partial charge in [0.15, 0.2) is 11.5 Å². The first kappa shape index (κ1) is 15.7. The molecule has 0 unspecified atom stereocenters. The molecule has 0 aliphatic heterocycles. The number of ether oxygens (including phenoxy) is 2. The molecule has 0 aliphatic rings. The van der Waals surface area contributed by atoms with Gasteiger partial charge < -0.3 is 20.1 Å². The van der Waals surface area contributed by atoms with Crippen LogP contribution in [-0.2, 0) is 0 Å². The summed E-state index contributed by atoms with van der Waals surface area (Å²) in [6.07, 6.45) is 0. The molecular weight excluding hydrogens is 280 g/mol. The van der Waals surface area contributed by atoms with E-state index in [-0.39, 0.29) is 5.91 Å². The van der Waals surface area contributed by atoms with Gasteiger partial charge in [0.05, 0.1) is 19.8 Å². The topological polar surface area (TPSA) is 64.8 Å². The standard InChI is InChI=1S/C17H20N2O3/c1-4-19(13-8-6-5-7-9-13)17(20)14-10-12(18)11-15(21-2)16(14)22-3/h5-11H,4,18H2,1-3H3. The van der Waals surface area contributed by atoms with Crippen LogP contribution in [0.5, 0.6) is 11.5 Å². The van der Waals surface area contributed by atoms with E-state index in [0.717, 1.165) is 5.69 Å². The summed E-state index contributed by atoms with van der Waals surface area (Å²) in [5.74, 6) is 0.641. The lowest BCUT2D eigenvalue weighted by atomic mass is 10.1. The average molecular weight is 300 g/mol. The zero-order valence-electron chi connectivity index (χ0n) is 13.0. The number of hydrogen-bond acceptors (Lipinski definition) is 4. The highest BCUT2D eigenvalue weighted by Gasteiger charge is 2.23. The van der Waals surface area contributed by atoms with E-state index in [1.807, 2.05) is 37.3 Å². The number of anilines is 2. The van der Waals surface area contributed by atoms with Crippen molar-refractivity contribution < 1.29 is 14.3 Å². The fourth-order valence-corrected chi connectivity index (χ4v) is 2.34. The van der Waals surface area contributed by atoms with Crippen molar-refractivity contribution in [1.29, 1.82) is 0 Å². The second kappa shape index (κ2) is 6.85. The van der Waals surface area contributed by atoms with Crippen molar-refractivity contribution in [3.8, 4) is 11.5 Å². The molecular formula is C17H20N2O3. The zero-order valence-corrected chi connectivity index (χ0v) is 13.0. The number of benzene rings is 2. The van der Waals surface area contributed by atoms with Crippen LogP contribution in [0.2, 0.25) is 0 Å². The van der Waals surface area contributed by atoms with Gasteiger partial charge >= 0.3 is 0 Å². The number of amides is 1. The SMILES string of the molecule is CCN(C(=O)c1cc(N)cc(OC)c1OC)c1ccccc1. The van der Waals surface area contributed by atoms with Crippen LogP contribution >= 0.6 is 0 Å². The van der Waals surface area contributed by atoms with Gasteiger partial charge in [-0.3, -0.25) is 4.79 Å². The second-order valence-electron chi connectivity index (χ2n) is 4.69. The van der Waals surface area contributed by atoms with Crippen molar-refractivity contribution in [2.24, 2.45) is 0 Å². The Morgan fingerprint density at radius 3 is 2.36 bits per heavy atom. The summed E-state index contributed by atoms with van der Waals surface area (Å²) >= 11 is 0. The first-order valence-electron chi connectivity index (χ1n) is 7.00. The van der Waals surface area contributed by atoms with Crippen molar-refractivity contribution in [1.82, 2.24) is 0 Å².